The molecule has 6 heteroatoms. The number of amides is 2. The first-order valence-electron chi connectivity index (χ1n) is 5.39. The van der Waals surface area contributed by atoms with Gasteiger partial charge in [-0.3, -0.25) is 9.59 Å². The van der Waals surface area contributed by atoms with E-state index in [0.29, 0.717) is 13.1 Å². The lowest BCUT2D eigenvalue weighted by molar-refractivity contribution is -0.137. The third-order valence-corrected chi connectivity index (χ3v) is 2.79. The number of alkyl halides is 2. The van der Waals surface area contributed by atoms with Gasteiger partial charge in [0.05, 0.1) is 0 Å². The van der Waals surface area contributed by atoms with Gasteiger partial charge in [-0.1, -0.05) is 11.6 Å². The molecule has 1 aliphatic rings. The van der Waals surface area contributed by atoms with Gasteiger partial charge >= 0.3 is 0 Å². The summed E-state index contributed by atoms with van der Waals surface area (Å²) < 4.78 is 12.4. The molecule has 1 heterocycles. The van der Waals surface area contributed by atoms with Gasteiger partial charge in [0.2, 0.25) is 5.91 Å². The molecule has 92 valence electrons. The second-order valence-corrected chi connectivity index (χ2v) is 4.30. The summed E-state index contributed by atoms with van der Waals surface area (Å²) in [4.78, 5) is 24.4. The Kier molecular flexibility index (Phi) is 4.99. The highest BCUT2D eigenvalue weighted by atomic mass is 35.5. The van der Waals surface area contributed by atoms with Gasteiger partial charge in [0.1, 0.15) is 6.04 Å². The largest absolute Gasteiger partial charge is 0.341 e. The Morgan fingerprint density at radius 2 is 1.88 bits per heavy atom. The number of likely N-dealkylation sites (tertiary alicyclic amines) is 1. The summed E-state index contributed by atoms with van der Waals surface area (Å²) in [5.74, 6) is -1.13. The molecule has 1 N–H and O–H groups in total. The van der Waals surface area contributed by atoms with Crippen molar-refractivity contribution in [3.63, 3.8) is 0 Å². The van der Waals surface area contributed by atoms with Crippen molar-refractivity contribution in [1.82, 2.24) is 10.2 Å². The number of hydrogen-bond donors (Lipinski definition) is 1. The zero-order chi connectivity index (χ0) is 12.1. The Balaban J connectivity index is 2.43. The van der Waals surface area contributed by atoms with E-state index in [1.54, 1.807) is 4.90 Å². The van der Waals surface area contributed by atoms with Crippen LogP contribution in [0.5, 0.6) is 0 Å². The van der Waals surface area contributed by atoms with E-state index >= 15 is 0 Å². The average Bonchev–Trinajstić information content (AvgIpc) is 2.28. The normalized spacial score (nSPS) is 20.1. The minimum absolute atomic E-state index is 0.176. The number of piperidine rings is 1. The summed E-state index contributed by atoms with van der Waals surface area (Å²) in [7, 11) is 0. The molecule has 0 aromatic carbocycles. The van der Waals surface area contributed by atoms with Crippen LogP contribution in [0.3, 0.4) is 0 Å². The van der Waals surface area contributed by atoms with Crippen molar-refractivity contribution in [2.45, 2.75) is 37.9 Å². The van der Waals surface area contributed by atoms with Crippen molar-refractivity contribution >= 4 is 23.4 Å². The number of halogens is 2. The minimum Gasteiger partial charge on any atom is -0.341 e. The van der Waals surface area contributed by atoms with Gasteiger partial charge in [0, 0.05) is 13.1 Å². The van der Waals surface area contributed by atoms with Crippen molar-refractivity contribution in [3.8, 4) is 0 Å². The molecule has 4 nitrogen and oxygen atoms in total. The van der Waals surface area contributed by atoms with Crippen molar-refractivity contribution in [3.05, 3.63) is 0 Å². The topological polar surface area (TPSA) is 49.4 Å². The predicted molar refractivity (Wildman–Crippen MR) is 58.8 cm³/mol. The Morgan fingerprint density at radius 1 is 1.31 bits per heavy atom. The van der Waals surface area contributed by atoms with Crippen LogP contribution in [-0.4, -0.2) is 41.5 Å². The van der Waals surface area contributed by atoms with Crippen molar-refractivity contribution < 1.29 is 14.0 Å². The highest BCUT2D eigenvalue weighted by Gasteiger charge is 2.25. The molecule has 0 spiro atoms. The van der Waals surface area contributed by atoms with E-state index in [0.717, 1.165) is 19.3 Å². The number of nitrogens with zero attached hydrogens (tertiary/aromatic N) is 1. The van der Waals surface area contributed by atoms with E-state index in [1.807, 2.05) is 0 Å². The summed E-state index contributed by atoms with van der Waals surface area (Å²) >= 11 is 4.96. The molecule has 0 radical (unpaired) electrons. The van der Waals surface area contributed by atoms with Crippen LogP contribution in [0, 0.1) is 0 Å². The van der Waals surface area contributed by atoms with Gasteiger partial charge in [-0.2, -0.15) is 0 Å². The predicted octanol–water partition coefficient (Wildman–Crippen LogP) is 1.04. The number of nitrogens with one attached hydrogen (secondary N) is 1. The minimum atomic E-state index is -2.10. The van der Waals surface area contributed by atoms with Gasteiger partial charge in [-0.25, -0.2) is 4.39 Å². The lowest BCUT2D eigenvalue weighted by Crippen LogP contribution is -2.49. The fraction of sp³-hybridized carbons (Fsp3) is 0.800. The highest BCUT2D eigenvalue weighted by Crippen LogP contribution is 2.10. The van der Waals surface area contributed by atoms with E-state index in [4.69, 9.17) is 11.6 Å². The maximum absolute atomic E-state index is 12.4. The lowest BCUT2D eigenvalue weighted by Gasteiger charge is -2.29. The smallest absolute Gasteiger partial charge is 0.270 e. The van der Waals surface area contributed by atoms with E-state index < -0.39 is 17.6 Å². The lowest BCUT2D eigenvalue weighted by atomic mass is 10.1. The fourth-order valence-corrected chi connectivity index (χ4v) is 1.79. The van der Waals surface area contributed by atoms with Gasteiger partial charge in [-0.05, 0) is 26.2 Å². The highest BCUT2D eigenvalue weighted by molar-refractivity contribution is 6.29. The van der Waals surface area contributed by atoms with Crippen LogP contribution in [0.2, 0.25) is 0 Å². The molecule has 16 heavy (non-hydrogen) atoms. The molecule has 2 atom stereocenters. The van der Waals surface area contributed by atoms with Crippen LogP contribution in [-0.2, 0) is 9.59 Å². The van der Waals surface area contributed by atoms with Gasteiger partial charge < -0.3 is 10.2 Å². The monoisotopic (exact) mass is 250 g/mol. The first-order chi connectivity index (χ1) is 7.52. The summed E-state index contributed by atoms with van der Waals surface area (Å²) in [5, 5.41) is 2.24. The molecule has 1 rings (SSSR count). The SMILES string of the molecule is C[C@H](NC(=O)C(F)Cl)C(=O)N1CCCCC1. The quantitative estimate of drug-likeness (QED) is 0.761. The second kappa shape index (κ2) is 6.03. The van der Waals surface area contributed by atoms with E-state index in [2.05, 4.69) is 5.32 Å². The molecule has 0 saturated carbocycles. The Bertz CT molecular complexity index is 268. The summed E-state index contributed by atoms with van der Waals surface area (Å²) in [6, 6.07) is -0.720. The number of hydrogen-bond acceptors (Lipinski definition) is 2. The van der Waals surface area contributed by atoms with E-state index in [9.17, 15) is 14.0 Å². The fourth-order valence-electron chi connectivity index (χ4n) is 1.73. The number of carbonyl (C=O) groups excluding carboxylic acids is 2. The van der Waals surface area contributed by atoms with Crippen molar-refractivity contribution in [1.29, 1.82) is 0 Å². The molecule has 1 fully saturated rings. The molecular formula is C10H16ClFN2O2. The molecule has 1 unspecified atom stereocenters. The molecule has 2 amide bonds. The Hall–Kier alpha value is -0.840. The zero-order valence-corrected chi connectivity index (χ0v) is 9.97. The number of carbonyl (C=O) groups is 2. The molecule has 0 aromatic heterocycles. The van der Waals surface area contributed by atoms with Crippen LogP contribution in [0.1, 0.15) is 26.2 Å². The van der Waals surface area contributed by atoms with Crippen LogP contribution in [0.15, 0.2) is 0 Å². The third kappa shape index (κ3) is 3.63. The summed E-state index contributed by atoms with van der Waals surface area (Å²) in [5.41, 5.74) is -2.10. The van der Waals surface area contributed by atoms with E-state index in [-0.39, 0.29) is 5.91 Å². The number of rotatable bonds is 3. The summed E-state index contributed by atoms with van der Waals surface area (Å²) in [6.45, 7) is 2.95. The van der Waals surface area contributed by atoms with Crippen LogP contribution >= 0.6 is 11.6 Å². The van der Waals surface area contributed by atoms with Gasteiger partial charge in [-0.15, -0.1) is 0 Å². The Morgan fingerprint density at radius 3 is 2.38 bits per heavy atom. The molecule has 1 saturated heterocycles. The van der Waals surface area contributed by atoms with Crippen LogP contribution in [0.4, 0.5) is 4.39 Å². The molecule has 0 aromatic rings. The first-order valence-corrected chi connectivity index (χ1v) is 5.83. The Labute approximate surface area is 99.1 Å². The first kappa shape index (κ1) is 13.2. The van der Waals surface area contributed by atoms with Crippen LogP contribution in [0.25, 0.3) is 0 Å². The van der Waals surface area contributed by atoms with Gasteiger partial charge in [0.25, 0.3) is 11.5 Å². The van der Waals surface area contributed by atoms with Crippen LogP contribution < -0.4 is 5.32 Å². The van der Waals surface area contributed by atoms with Crippen molar-refractivity contribution in [2.75, 3.05) is 13.1 Å². The maximum atomic E-state index is 12.4. The molecule has 0 bridgehead atoms. The average molecular weight is 251 g/mol. The summed E-state index contributed by atoms with van der Waals surface area (Å²) in [6.07, 6.45) is 3.08. The standard InChI is InChI=1S/C10H16ClFN2O2/c1-7(13-9(15)8(11)12)10(16)14-5-3-2-4-6-14/h7-8H,2-6H2,1H3,(H,13,15)/t7-,8?/m0/s1. The van der Waals surface area contributed by atoms with Gasteiger partial charge in [0.15, 0.2) is 0 Å². The molecule has 0 aliphatic carbocycles. The molecular weight excluding hydrogens is 235 g/mol. The zero-order valence-electron chi connectivity index (χ0n) is 9.21. The third-order valence-electron chi connectivity index (χ3n) is 2.60. The second-order valence-electron chi connectivity index (χ2n) is 3.92. The van der Waals surface area contributed by atoms with Crippen molar-refractivity contribution in [2.24, 2.45) is 0 Å². The van der Waals surface area contributed by atoms with E-state index in [1.165, 1.54) is 6.92 Å². The molecule has 1 aliphatic heterocycles. The maximum Gasteiger partial charge on any atom is 0.270 e.